The molecule has 0 aliphatic carbocycles. The van der Waals surface area contributed by atoms with E-state index in [1.165, 1.54) is 0 Å². The van der Waals surface area contributed by atoms with Crippen LogP contribution in [0.5, 0.6) is 5.75 Å². The standard InChI is InChI=1S/C12H15N3OS/c1-2-16-11-7-5-10(6-8-11)4-3-9-14-15-12(13)17/h3-9H,2H2,1H3,(H3,13,15,17)/b4-3-,14-9-. The summed E-state index contributed by atoms with van der Waals surface area (Å²) < 4.78 is 5.34. The van der Waals surface area contributed by atoms with Gasteiger partial charge in [-0.2, -0.15) is 5.10 Å². The van der Waals surface area contributed by atoms with Crippen molar-refractivity contribution in [2.45, 2.75) is 6.92 Å². The van der Waals surface area contributed by atoms with Gasteiger partial charge in [0.1, 0.15) is 5.75 Å². The summed E-state index contributed by atoms with van der Waals surface area (Å²) in [4.78, 5) is 0. The molecule has 0 saturated carbocycles. The van der Waals surface area contributed by atoms with Crippen LogP contribution in [0.3, 0.4) is 0 Å². The number of hydrazone groups is 1. The lowest BCUT2D eigenvalue weighted by molar-refractivity contribution is 0.340. The van der Waals surface area contributed by atoms with Gasteiger partial charge in [0.25, 0.3) is 0 Å². The number of ether oxygens (including phenoxy) is 1. The fraction of sp³-hybridized carbons (Fsp3) is 0.167. The van der Waals surface area contributed by atoms with E-state index in [1.54, 1.807) is 12.3 Å². The maximum absolute atomic E-state index is 5.34. The molecule has 1 rings (SSSR count). The largest absolute Gasteiger partial charge is 0.494 e. The van der Waals surface area contributed by atoms with Gasteiger partial charge < -0.3 is 10.5 Å². The van der Waals surface area contributed by atoms with Crippen LogP contribution in [-0.4, -0.2) is 17.9 Å². The minimum Gasteiger partial charge on any atom is -0.494 e. The Kier molecular flexibility index (Phi) is 5.74. The highest BCUT2D eigenvalue weighted by atomic mass is 32.1. The molecule has 0 spiro atoms. The lowest BCUT2D eigenvalue weighted by Gasteiger charge is -2.01. The summed E-state index contributed by atoms with van der Waals surface area (Å²) >= 11 is 4.59. The number of nitrogens with zero attached hydrogens (tertiary/aromatic N) is 1. The number of allylic oxidation sites excluding steroid dienone is 1. The average Bonchev–Trinajstić information content (AvgIpc) is 2.31. The van der Waals surface area contributed by atoms with Crippen molar-refractivity contribution >= 4 is 29.6 Å². The van der Waals surface area contributed by atoms with E-state index in [9.17, 15) is 0 Å². The summed E-state index contributed by atoms with van der Waals surface area (Å²) in [7, 11) is 0. The first kappa shape index (κ1) is 13.2. The van der Waals surface area contributed by atoms with Crippen LogP contribution < -0.4 is 15.9 Å². The van der Waals surface area contributed by atoms with Gasteiger partial charge in [-0.1, -0.05) is 18.2 Å². The lowest BCUT2D eigenvalue weighted by atomic mass is 10.2. The molecular formula is C12H15N3OS. The zero-order valence-electron chi connectivity index (χ0n) is 9.59. The first-order valence-corrected chi connectivity index (χ1v) is 5.61. The zero-order chi connectivity index (χ0) is 12.5. The topological polar surface area (TPSA) is 59.6 Å². The number of nitrogens with one attached hydrogen (secondary N) is 1. The number of hydrogen-bond acceptors (Lipinski definition) is 3. The zero-order valence-corrected chi connectivity index (χ0v) is 10.4. The Bertz CT molecular complexity index is 412. The van der Waals surface area contributed by atoms with E-state index < -0.39 is 0 Å². The van der Waals surface area contributed by atoms with Crippen molar-refractivity contribution in [2.24, 2.45) is 10.8 Å². The average molecular weight is 249 g/mol. The van der Waals surface area contributed by atoms with Crippen molar-refractivity contribution in [1.29, 1.82) is 0 Å². The second-order valence-corrected chi connectivity index (χ2v) is 3.56. The van der Waals surface area contributed by atoms with E-state index in [2.05, 4.69) is 22.7 Å². The molecule has 1 aromatic carbocycles. The number of nitrogens with two attached hydrogens (primary N) is 1. The van der Waals surface area contributed by atoms with Crippen LogP contribution in [0.25, 0.3) is 6.08 Å². The van der Waals surface area contributed by atoms with Gasteiger partial charge >= 0.3 is 0 Å². The monoisotopic (exact) mass is 249 g/mol. The minimum absolute atomic E-state index is 0.149. The lowest BCUT2D eigenvalue weighted by Crippen LogP contribution is -2.23. The highest BCUT2D eigenvalue weighted by molar-refractivity contribution is 7.80. The number of benzene rings is 1. The second-order valence-electron chi connectivity index (χ2n) is 3.12. The summed E-state index contributed by atoms with van der Waals surface area (Å²) in [5.41, 5.74) is 8.73. The molecule has 0 aromatic heterocycles. The van der Waals surface area contributed by atoms with E-state index in [0.29, 0.717) is 6.61 Å². The Balaban J connectivity index is 2.48. The van der Waals surface area contributed by atoms with Crippen LogP contribution in [0.1, 0.15) is 12.5 Å². The van der Waals surface area contributed by atoms with Gasteiger partial charge in [-0.05, 0) is 42.9 Å². The molecule has 1 aromatic rings. The molecule has 0 bridgehead atoms. The highest BCUT2D eigenvalue weighted by Crippen LogP contribution is 2.12. The first-order valence-electron chi connectivity index (χ1n) is 5.20. The number of thiocarbonyl (C=S) groups is 1. The maximum atomic E-state index is 5.34. The predicted molar refractivity (Wildman–Crippen MR) is 75.1 cm³/mol. The van der Waals surface area contributed by atoms with Crippen molar-refractivity contribution in [3.05, 3.63) is 35.9 Å². The fourth-order valence-electron chi connectivity index (χ4n) is 1.14. The van der Waals surface area contributed by atoms with Crippen molar-refractivity contribution < 1.29 is 4.74 Å². The quantitative estimate of drug-likeness (QED) is 0.475. The molecule has 17 heavy (non-hydrogen) atoms. The molecular weight excluding hydrogens is 234 g/mol. The summed E-state index contributed by atoms with van der Waals surface area (Å²) in [5.74, 6) is 0.869. The molecule has 0 radical (unpaired) electrons. The van der Waals surface area contributed by atoms with E-state index in [0.717, 1.165) is 11.3 Å². The molecule has 0 fully saturated rings. The summed E-state index contributed by atoms with van der Waals surface area (Å²) in [6.07, 6.45) is 5.29. The van der Waals surface area contributed by atoms with Crippen molar-refractivity contribution in [3.63, 3.8) is 0 Å². The maximum Gasteiger partial charge on any atom is 0.184 e. The smallest absolute Gasteiger partial charge is 0.184 e. The molecule has 0 atom stereocenters. The third-order valence-electron chi connectivity index (χ3n) is 1.82. The Morgan fingerprint density at radius 3 is 2.76 bits per heavy atom. The molecule has 0 aliphatic heterocycles. The summed E-state index contributed by atoms with van der Waals surface area (Å²) in [5, 5.41) is 3.93. The molecule has 3 N–H and O–H groups in total. The Morgan fingerprint density at radius 1 is 1.47 bits per heavy atom. The molecule has 0 saturated heterocycles. The molecule has 5 heteroatoms. The van der Waals surface area contributed by atoms with Gasteiger partial charge in [0.2, 0.25) is 0 Å². The molecule has 0 amide bonds. The summed E-state index contributed by atoms with van der Waals surface area (Å²) in [6, 6.07) is 7.79. The van der Waals surface area contributed by atoms with Crippen molar-refractivity contribution in [2.75, 3.05) is 6.61 Å². The molecule has 4 nitrogen and oxygen atoms in total. The van der Waals surface area contributed by atoms with Gasteiger partial charge in [0.15, 0.2) is 5.11 Å². The number of rotatable bonds is 5. The third-order valence-corrected chi connectivity index (χ3v) is 1.91. The Morgan fingerprint density at radius 2 is 2.18 bits per heavy atom. The Labute approximate surface area is 106 Å². The minimum atomic E-state index is 0.149. The van der Waals surface area contributed by atoms with E-state index >= 15 is 0 Å². The molecule has 90 valence electrons. The van der Waals surface area contributed by atoms with Gasteiger partial charge in [-0.15, -0.1) is 0 Å². The third kappa shape index (κ3) is 5.67. The van der Waals surface area contributed by atoms with Crippen molar-refractivity contribution in [3.8, 4) is 5.75 Å². The molecule has 0 aliphatic rings. The van der Waals surface area contributed by atoms with Crippen LogP contribution in [0.4, 0.5) is 0 Å². The first-order chi connectivity index (χ1) is 8.22. The molecule has 0 heterocycles. The van der Waals surface area contributed by atoms with Gasteiger partial charge in [-0.25, -0.2) is 0 Å². The van der Waals surface area contributed by atoms with Gasteiger partial charge in [0, 0.05) is 6.21 Å². The molecule has 0 unspecified atom stereocenters. The number of hydrogen-bond donors (Lipinski definition) is 2. The van der Waals surface area contributed by atoms with E-state index in [-0.39, 0.29) is 5.11 Å². The summed E-state index contributed by atoms with van der Waals surface area (Å²) in [6.45, 7) is 2.63. The van der Waals surface area contributed by atoms with Crippen LogP contribution in [0, 0.1) is 0 Å². The van der Waals surface area contributed by atoms with Gasteiger partial charge in [-0.3, -0.25) is 5.43 Å². The van der Waals surface area contributed by atoms with Crippen LogP contribution in [0.15, 0.2) is 35.4 Å². The highest BCUT2D eigenvalue weighted by Gasteiger charge is 1.90. The van der Waals surface area contributed by atoms with Gasteiger partial charge in [0.05, 0.1) is 6.61 Å². The van der Waals surface area contributed by atoms with Crippen molar-refractivity contribution in [1.82, 2.24) is 5.43 Å². The van der Waals surface area contributed by atoms with E-state index in [1.807, 2.05) is 37.3 Å². The van der Waals surface area contributed by atoms with E-state index in [4.69, 9.17) is 10.5 Å². The second kappa shape index (κ2) is 7.40. The SMILES string of the molecule is CCOc1ccc(/C=C\C=N/NC(N)=S)cc1. The van der Waals surface area contributed by atoms with Crippen LogP contribution >= 0.6 is 12.2 Å². The van der Waals surface area contributed by atoms with Crippen LogP contribution in [0.2, 0.25) is 0 Å². The fourth-order valence-corrected chi connectivity index (χ4v) is 1.19. The Hall–Kier alpha value is -1.88. The normalized spacial score (nSPS) is 10.9. The van der Waals surface area contributed by atoms with Crippen LogP contribution in [-0.2, 0) is 0 Å². The predicted octanol–water partition coefficient (Wildman–Crippen LogP) is 1.92.